The van der Waals surface area contributed by atoms with E-state index in [9.17, 15) is 9.59 Å². The molecule has 14 heavy (non-hydrogen) atoms. The van der Waals surface area contributed by atoms with Gasteiger partial charge in [-0.3, -0.25) is 4.79 Å². The molecule has 0 aliphatic carbocycles. The van der Waals surface area contributed by atoms with Gasteiger partial charge in [0.25, 0.3) is 0 Å². The SMILES string of the molecule is O=Cc1coc2cc[c-]cc2c1=O.[Y]. The molecule has 1 heterocycles. The minimum atomic E-state index is -0.312. The largest absolute Gasteiger partial charge is 0.489 e. The van der Waals surface area contributed by atoms with E-state index in [4.69, 9.17) is 4.42 Å². The van der Waals surface area contributed by atoms with Crippen molar-refractivity contribution < 1.29 is 41.9 Å². The van der Waals surface area contributed by atoms with Crippen molar-refractivity contribution in [3.8, 4) is 0 Å². The van der Waals surface area contributed by atoms with E-state index in [0.29, 0.717) is 17.3 Å². The van der Waals surface area contributed by atoms with Crippen LogP contribution in [0.15, 0.2) is 33.7 Å². The molecule has 0 unspecified atom stereocenters. The summed E-state index contributed by atoms with van der Waals surface area (Å²) in [5, 5.41) is 0.382. The molecule has 2 rings (SSSR count). The predicted molar refractivity (Wildman–Crippen MR) is 46.7 cm³/mol. The van der Waals surface area contributed by atoms with Gasteiger partial charge in [-0.2, -0.15) is 18.2 Å². The number of hydrogen-bond acceptors (Lipinski definition) is 3. The number of aldehydes is 1. The second-order valence-corrected chi connectivity index (χ2v) is 2.56. The second-order valence-electron chi connectivity index (χ2n) is 2.56. The molecule has 1 radical (unpaired) electrons. The molecule has 67 valence electrons. The number of carbonyl (C=O) groups is 1. The first-order valence-electron chi connectivity index (χ1n) is 3.70. The van der Waals surface area contributed by atoms with Gasteiger partial charge in [0.2, 0.25) is 0 Å². The standard InChI is InChI=1S/C10H5O3.Y/c11-5-7-6-13-9-4-2-1-3-8(9)10(7)12;/h2-6H;/q-1;. The van der Waals surface area contributed by atoms with Crippen molar-refractivity contribution >= 4 is 17.3 Å². The third-order valence-electron chi connectivity index (χ3n) is 1.77. The van der Waals surface area contributed by atoms with Crippen LogP contribution in [0, 0.1) is 6.07 Å². The van der Waals surface area contributed by atoms with Crippen LogP contribution < -0.4 is 5.43 Å². The Hall–Kier alpha value is -0.796. The number of rotatable bonds is 1. The molecule has 0 saturated carbocycles. The van der Waals surface area contributed by atoms with Gasteiger partial charge in [-0.05, 0) is 5.39 Å². The van der Waals surface area contributed by atoms with Gasteiger partial charge < -0.3 is 9.21 Å². The van der Waals surface area contributed by atoms with Crippen molar-refractivity contribution in [3.05, 3.63) is 46.3 Å². The summed E-state index contributed by atoms with van der Waals surface area (Å²) in [5.74, 6) is 0. The average molecular weight is 262 g/mol. The van der Waals surface area contributed by atoms with Gasteiger partial charge in [-0.15, -0.1) is 6.07 Å². The van der Waals surface area contributed by atoms with Crippen LogP contribution in [-0.2, 0) is 32.7 Å². The molecule has 2 aromatic rings. The number of carbonyl (C=O) groups excluding carboxylic acids is 1. The Morgan fingerprint density at radius 2 is 2.21 bits per heavy atom. The first kappa shape index (κ1) is 11.3. The zero-order valence-corrected chi connectivity index (χ0v) is 10.0. The van der Waals surface area contributed by atoms with Crippen molar-refractivity contribution in [2.24, 2.45) is 0 Å². The Labute approximate surface area is 105 Å². The van der Waals surface area contributed by atoms with E-state index < -0.39 is 0 Å². The summed E-state index contributed by atoms with van der Waals surface area (Å²) in [6.45, 7) is 0. The topological polar surface area (TPSA) is 47.3 Å². The fourth-order valence-electron chi connectivity index (χ4n) is 1.11. The van der Waals surface area contributed by atoms with Crippen LogP contribution in [0.5, 0.6) is 0 Å². The number of fused-ring (bicyclic) bond motifs is 1. The van der Waals surface area contributed by atoms with E-state index in [1.807, 2.05) is 0 Å². The van der Waals surface area contributed by atoms with Crippen LogP contribution in [0.25, 0.3) is 11.0 Å². The zero-order valence-electron chi connectivity index (χ0n) is 7.19. The van der Waals surface area contributed by atoms with Crippen molar-refractivity contribution in [2.45, 2.75) is 0 Å². The van der Waals surface area contributed by atoms with Gasteiger partial charge in [0.15, 0.2) is 6.29 Å². The van der Waals surface area contributed by atoms with E-state index in [2.05, 4.69) is 6.07 Å². The maximum Gasteiger partial charge on any atom is 0.155 e. The zero-order chi connectivity index (χ0) is 9.26. The minimum absolute atomic E-state index is 0. The number of hydrogen-bond donors (Lipinski definition) is 0. The Balaban J connectivity index is 0.000000980. The van der Waals surface area contributed by atoms with Gasteiger partial charge >= 0.3 is 0 Å². The van der Waals surface area contributed by atoms with E-state index >= 15 is 0 Å². The van der Waals surface area contributed by atoms with Gasteiger partial charge in [0.05, 0.1) is 5.56 Å². The average Bonchev–Trinajstić information content (AvgIpc) is 2.19. The summed E-state index contributed by atoms with van der Waals surface area (Å²) in [6.07, 6.45) is 1.65. The van der Waals surface area contributed by atoms with Crippen LogP contribution in [0.1, 0.15) is 10.4 Å². The molecule has 0 N–H and O–H groups in total. The molecule has 0 spiro atoms. The smallest absolute Gasteiger partial charge is 0.155 e. The van der Waals surface area contributed by atoms with Gasteiger partial charge in [-0.1, -0.05) is 0 Å². The minimum Gasteiger partial charge on any atom is -0.489 e. The summed E-state index contributed by atoms with van der Waals surface area (Å²) in [6, 6.07) is 7.53. The fourth-order valence-corrected chi connectivity index (χ4v) is 1.11. The molecule has 4 heteroatoms. The maximum atomic E-state index is 11.4. The fraction of sp³-hybridized carbons (Fsp3) is 0. The van der Waals surface area contributed by atoms with Crippen LogP contribution in [0.2, 0.25) is 0 Å². The molecule has 3 nitrogen and oxygen atoms in total. The molecule has 0 saturated heterocycles. The van der Waals surface area contributed by atoms with E-state index in [-0.39, 0.29) is 43.7 Å². The first-order chi connectivity index (χ1) is 6.33. The second kappa shape index (κ2) is 4.62. The van der Waals surface area contributed by atoms with Gasteiger partial charge in [0.1, 0.15) is 11.7 Å². The molecule has 0 atom stereocenters. The molecule has 1 aromatic heterocycles. The molecule has 0 aliphatic rings. The number of benzene rings is 1. The monoisotopic (exact) mass is 262 g/mol. The van der Waals surface area contributed by atoms with Crippen LogP contribution in [0.4, 0.5) is 0 Å². The Bertz CT molecular complexity index is 516. The summed E-state index contributed by atoms with van der Waals surface area (Å²) in [4.78, 5) is 21.8. The summed E-state index contributed by atoms with van der Waals surface area (Å²) in [5.41, 5.74) is 0.189. The molecule has 0 bridgehead atoms. The van der Waals surface area contributed by atoms with Crippen molar-refractivity contribution in [1.29, 1.82) is 0 Å². The predicted octanol–water partition coefficient (Wildman–Crippen LogP) is 1.40. The molecular formula is C10H5O3Y-. The summed E-state index contributed by atoms with van der Waals surface area (Å²) >= 11 is 0. The van der Waals surface area contributed by atoms with Crippen LogP contribution in [0.3, 0.4) is 0 Å². The van der Waals surface area contributed by atoms with Crippen LogP contribution in [-0.4, -0.2) is 6.29 Å². The summed E-state index contributed by atoms with van der Waals surface area (Å²) < 4.78 is 5.06. The summed E-state index contributed by atoms with van der Waals surface area (Å²) in [7, 11) is 0. The van der Waals surface area contributed by atoms with Gasteiger partial charge in [0, 0.05) is 38.3 Å². The Morgan fingerprint density at radius 3 is 2.93 bits per heavy atom. The van der Waals surface area contributed by atoms with E-state index in [1.54, 1.807) is 12.1 Å². The molecule has 0 aliphatic heterocycles. The molecular weight excluding hydrogens is 257 g/mol. The van der Waals surface area contributed by atoms with Gasteiger partial charge in [-0.25, -0.2) is 0 Å². The Kier molecular flexibility index (Phi) is 3.72. The first-order valence-corrected chi connectivity index (χ1v) is 3.70. The Morgan fingerprint density at radius 1 is 1.43 bits per heavy atom. The molecule has 1 aromatic carbocycles. The third-order valence-corrected chi connectivity index (χ3v) is 1.77. The molecule has 0 amide bonds. The van der Waals surface area contributed by atoms with E-state index in [0.717, 1.165) is 6.26 Å². The quantitative estimate of drug-likeness (QED) is 0.576. The van der Waals surface area contributed by atoms with Crippen molar-refractivity contribution in [3.63, 3.8) is 0 Å². The third kappa shape index (κ3) is 1.84. The maximum absolute atomic E-state index is 11.4. The van der Waals surface area contributed by atoms with Crippen molar-refractivity contribution in [1.82, 2.24) is 0 Å². The van der Waals surface area contributed by atoms with Crippen molar-refractivity contribution in [2.75, 3.05) is 0 Å². The molecule has 0 fully saturated rings. The van der Waals surface area contributed by atoms with E-state index in [1.165, 1.54) is 6.07 Å². The normalized spacial score (nSPS) is 9.43. The van der Waals surface area contributed by atoms with Crippen LogP contribution >= 0.6 is 0 Å².